The van der Waals surface area contributed by atoms with Crippen LogP contribution < -0.4 is 5.32 Å². The minimum absolute atomic E-state index is 0.0393. The van der Waals surface area contributed by atoms with Gasteiger partial charge in [-0.15, -0.1) is 0 Å². The lowest BCUT2D eigenvalue weighted by atomic mass is 10.1. The number of hydrogen-bond donors (Lipinski definition) is 2. The third-order valence-electron chi connectivity index (χ3n) is 4.41. The minimum Gasteiger partial charge on any atom is -0.508 e. The Kier molecular flexibility index (Phi) is 6.43. The van der Waals surface area contributed by atoms with Crippen molar-refractivity contribution in [3.63, 3.8) is 0 Å². The van der Waals surface area contributed by atoms with E-state index in [2.05, 4.69) is 11.6 Å². The highest BCUT2D eigenvalue weighted by molar-refractivity contribution is 7.99. The third kappa shape index (κ3) is 4.83. The minimum atomic E-state index is 0.0393. The lowest BCUT2D eigenvalue weighted by Crippen LogP contribution is -2.43. The van der Waals surface area contributed by atoms with Crippen molar-refractivity contribution in [2.75, 3.05) is 19.8 Å². The van der Waals surface area contributed by atoms with Gasteiger partial charge in [0, 0.05) is 24.9 Å². The first kappa shape index (κ1) is 17.0. The van der Waals surface area contributed by atoms with Crippen molar-refractivity contribution in [2.24, 2.45) is 0 Å². The molecule has 4 nitrogen and oxygen atoms in total. The fraction of sp³-hybridized carbons (Fsp3) is 0.588. The summed E-state index contributed by atoms with van der Waals surface area (Å²) in [6, 6.07) is 7.66. The van der Waals surface area contributed by atoms with E-state index in [1.807, 2.05) is 35.8 Å². The normalized spacial score (nSPS) is 20.8. The number of thioether (sulfide) groups is 1. The van der Waals surface area contributed by atoms with E-state index in [0.29, 0.717) is 23.6 Å². The van der Waals surface area contributed by atoms with Crippen LogP contribution >= 0.6 is 11.8 Å². The van der Waals surface area contributed by atoms with E-state index in [1.54, 1.807) is 12.1 Å². The van der Waals surface area contributed by atoms with Crippen molar-refractivity contribution in [1.29, 1.82) is 0 Å². The summed E-state index contributed by atoms with van der Waals surface area (Å²) in [5, 5.41) is 12.9. The number of carbonyl (C=O) groups excluding carboxylic acids is 1. The lowest BCUT2D eigenvalue weighted by Gasteiger charge is -2.25. The highest BCUT2D eigenvalue weighted by Crippen LogP contribution is 2.30. The first-order valence-corrected chi connectivity index (χ1v) is 9.20. The highest BCUT2D eigenvalue weighted by atomic mass is 32.2. The molecular formula is C17H26N2O2S. The molecule has 1 saturated carbocycles. The zero-order valence-electron chi connectivity index (χ0n) is 13.4. The van der Waals surface area contributed by atoms with Gasteiger partial charge in [0.2, 0.25) is 0 Å². The molecule has 22 heavy (non-hydrogen) atoms. The van der Waals surface area contributed by atoms with E-state index < -0.39 is 0 Å². The van der Waals surface area contributed by atoms with E-state index in [4.69, 9.17) is 0 Å². The molecule has 0 radical (unpaired) electrons. The van der Waals surface area contributed by atoms with E-state index in [-0.39, 0.29) is 6.03 Å². The predicted molar refractivity (Wildman–Crippen MR) is 92.5 cm³/mol. The number of hydrogen-bond acceptors (Lipinski definition) is 3. The molecule has 0 bridgehead atoms. The quantitative estimate of drug-likeness (QED) is 0.791. The Morgan fingerprint density at radius 3 is 2.73 bits per heavy atom. The molecule has 1 aromatic carbocycles. The van der Waals surface area contributed by atoms with Crippen LogP contribution in [0.15, 0.2) is 24.3 Å². The van der Waals surface area contributed by atoms with Crippen molar-refractivity contribution in [1.82, 2.24) is 10.2 Å². The zero-order chi connectivity index (χ0) is 15.9. The smallest absolute Gasteiger partial charge is 0.317 e. The maximum atomic E-state index is 12.2. The molecule has 2 rings (SSSR count). The highest BCUT2D eigenvalue weighted by Gasteiger charge is 2.29. The predicted octanol–water partition coefficient (Wildman–Crippen LogP) is 3.25. The summed E-state index contributed by atoms with van der Waals surface area (Å²) < 4.78 is 0. The molecule has 1 fully saturated rings. The maximum absolute atomic E-state index is 12.2. The summed E-state index contributed by atoms with van der Waals surface area (Å²) in [5.41, 5.74) is 1.18. The topological polar surface area (TPSA) is 52.6 Å². The Labute approximate surface area is 137 Å². The Bertz CT molecular complexity index is 478. The molecule has 1 aromatic rings. The van der Waals surface area contributed by atoms with E-state index in [9.17, 15) is 9.90 Å². The number of phenolic OH excluding ortho intramolecular Hbond substituents is 1. The van der Waals surface area contributed by atoms with Gasteiger partial charge >= 0.3 is 6.03 Å². The molecule has 1 aliphatic rings. The van der Waals surface area contributed by atoms with E-state index in [1.165, 1.54) is 12.0 Å². The molecule has 5 heteroatoms. The first-order valence-electron chi connectivity index (χ1n) is 7.91. The maximum Gasteiger partial charge on any atom is 0.317 e. The summed E-state index contributed by atoms with van der Waals surface area (Å²) in [6.07, 6.45) is 7.40. The van der Waals surface area contributed by atoms with Crippen LogP contribution in [0.3, 0.4) is 0 Å². The van der Waals surface area contributed by atoms with E-state index in [0.717, 1.165) is 25.7 Å². The summed E-state index contributed by atoms with van der Waals surface area (Å²) >= 11 is 1.91. The molecule has 2 N–H and O–H groups in total. The van der Waals surface area contributed by atoms with Crippen LogP contribution in [0.1, 0.15) is 31.2 Å². The van der Waals surface area contributed by atoms with Gasteiger partial charge in [0.05, 0.1) is 0 Å². The van der Waals surface area contributed by atoms with Gasteiger partial charge in [-0.2, -0.15) is 11.8 Å². The molecule has 0 spiro atoms. The molecule has 0 unspecified atom stereocenters. The fourth-order valence-corrected chi connectivity index (χ4v) is 3.71. The number of nitrogens with zero attached hydrogens (tertiary/aromatic N) is 1. The van der Waals surface area contributed by atoms with Crippen LogP contribution in [0, 0.1) is 0 Å². The Balaban J connectivity index is 1.66. The number of aryl methyl sites for hydroxylation is 1. The lowest BCUT2D eigenvalue weighted by molar-refractivity contribution is 0.191. The van der Waals surface area contributed by atoms with Gasteiger partial charge in [-0.25, -0.2) is 4.79 Å². The van der Waals surface area contributed by atoms with Gasteiger partial charge in [0.15, 0.2) is 0 Å². The Morgan fingerprint density at radius 2 is 2.09 bits per heavy atom. The van der Waals surface area contributed by atoms with Crippen molar-refractivity contribution >= 4 is 17.8 Å². The standard InChI is InChI=1S/C17H26N2O2S/c1-19(14-7-10-16(12-14)22-2)17(21)18-11-3-4-13-5-8-15(20)9-6-13/h5-6,8-9,14,16,20H,3-4,7,10-12H2,1-2H3,(H,18,21)/t14-,16+/m0/s1. The average Bonchev–Trinajstić information content (AvgIpc) is 3.01. The number of nitrogens with one attached hydrogen (secondary N) is 1. The number of carbonyl (C=O) groups is 1. The van der Waals surface area contributed by atoms with Crippen LogP contribution in [0.5, 0.6) is 5.75 Å². The summed E-state index contributed by atoms with van der Waals surface area (Å²) in [7, 11) is 1.91. The first-order chi connectivity index (χ1) is 10.6. The number of urea groups is 1. The summed E-state index contributed by atoms with van der Waals surface area (Å²) in [4.78, 5) is 14.0. The molecule has 2 atom stereocenters. The van der Waals surface area contributed by atoms with Gasteiger partial charge in [-0.05, 0) is 56.1 Å². The van der Waals surface area contributed by atoms with Gasteiger partial charge < -0.3 is 15.3 Å². The molecule has 0 aliphatic heterocycles. The summed E-state index contributed by atoms with van der Waals surface area (Å²) in [6.45, 7) is 0.683. The van der Waals surface area contributed by atoms with Crippen molar-refractivity contribution in [2.45, 2.75) is 43.4 Å². The van der Waals surface area contributed by atoms with Crippen molar-refractivity contribution in [3.8, 4) is 5.75 Å². The number of benzene rings is 1. The molecule has 122 valence electrons. The van der Waals surface area contributed by atoms with Gasteiger partial charge in [-0.1, -0.05) is 12.1 Å². The van der Waals surface area contributed by atoms with Crippen LogP contribution in [-0.4, -0.2) is 47.2 Å². The third-order valence-corrected chi connectivity index (χ3v) is 5.51. The number of phenols is 1. The fourth-order valence-electron chi connectivity index (χ4n) is 2.92. The Morgan fingerprint density at radius 1 is 1.36 bits per heavy atom. The summed E-state index contributed by atoms with van der Waals surface area (Å²) in [5.74, 6) is 0.291. The number of rotatable bonds is 6. The van der Waals surface area contributed by atoms with Crippen LogP contribution in [0.2, 0.25) is 0 Å². The van der Waals surface area contributed by atoms with Gasteiger partial charge in [-0.3, -0.25) is 0 Å². The molecule has 0 saturated heterocycles. The number of amides is 2. The largest absolute Gasteiger partial charge is 0.508 e. The van der Waals surface area contributed by atoms with Crippen LogP contribution in [0.25, 0.3) is 0 Å². The molecule has 2 amide bonds. The molecule has 1 aliphatic carbocycles. The Hall–Kier alpha value is -1.36. The second kappa shape index (κ2) is 8.32. The molecular weight excluding hydrogens is 296 g/mol. The second-order valence-corrected chi connectivity index (χ2v) is 7.08. The monoisotopic (exact) mass is 322 g/mol. The van der Waals surface area contributed by atoms with Crippen LogP contribution in [-0.2, 0) is 6.42 Å². The van der Waals surface area contributed by atoms with Gasteiger partial charge in [0.25, 0.3) is 0 Å². The van der Waals surface area contributed by atoms with Crippen LogP contribution in [0.4, 0.5) is 4.79 Å². The second-order valence-electron chi connectivity index (χ2n) is 5.94. The number of aromatic hydroxyl groups is 1. The van der Waals surface area contributed by atoms with E-state index >= 15 is 0 Å². The SMILES string of the molecule is CS[C@@H]1CC[C@H](N(C)C(=O)NCCCc2ccc(O)cc2)C1. The zero-order valence-corrected chi connectivity index (χ0v) is 14.2. The van der Waals surface area contributed by atoms with Crippen molar-refractivity contribution < 1.29 is 9.90 Å². The average molecular weight is 322 g/mol. The molecule has 0 heterocycles. The van der Waals surface area contributed by atoms with Gasteiger partial charge in [0.1, 0.15) is 5.75 Å². The molecule has 0 aromatic heterocycles. The van der Waals surface area contributed by atoms with Crippen molar-refractivity contribution in [3.05, 3.63) is 29.8 Å².